The standard InChI is InChI=1S/C15H34ClN3P2/c1-9-17(10-2)15(18(11-3)12-4)20-21(16)19(13(5)6)14(7)8/h13-14H,9-12H2,1-8H3. The molecule has 0 aliphatic carbocycles. The SMILES string of the molecule is CCN(CC)C(=PP(Cl)N(C(C)C)C(C)C)N(CC)CC. The summed E-state index contributed by atoms with van der Waals surface area (Å²) in [6.45, 7) is 22.0. The molecule has 0 spiro atoms. The highest BCUT2D eigenvalue weighted by molar-refractivity contribution is 8.31. The molecule has 1 atom stereocenters. The van der Waals surface area contributed by atoms with E-state index in [1.54, 1.807) is 0 Å². The molecule has 0 saturated carbocycles. The summed E-state index contributed by atoms with van der Waals surface area (Å²) in [5, 5.41) is 0. The Hall–Kier alpha value is 0.770. The van der Waals surface area contributed by atoms with E-state index >= 15 is 0 Å². The van der Waals surface area contributed by atoms with E-state index in [-0.39, 0.29) is 0 Å². The average molecular weight is 354 g/mol. The van der Waals surface area contributed by atoms with Crippen LogP contribution in [0, 0.1) is 0 Å². The highest BCUT2D eigenvalue weighted by atomic mass is 35.7. The minimum absolute atomic E-state index is 0.482. The molecule has 0 saturated heterocycles. The lowest BCUT2D eigenvalue weighted by molar-refractivity contribution is 0.330. The monoisotopic (exact) mass is 353 g/mol. The van der Waals surface area contributed by atoms with Gasteiger partial charge in [-0.25, -0.2) is 0 Å². The second-order valence-corrected chi connectivity index (χ2v) is 10.5. The van der Waals surface area contributed by atoms with Gasteiger partial charge in [0.05, 0.1) is 5.54 Å². The Labute approximate surface area is 140 Å². The molecule has 0 aliphatic heterocycles. The van der Waals surface area contributed by atoms with Crippen LogP contribution in [0.25, 0.3) is 0 Å². The van der Waals surface area contributed by atoms with Crippen LogP contribution in [-0.2, 0) is 0 Å². The van der Waals surface area contributed by atoms with Crippen molar-refractivity contribution in [2.24, 2.45) is 0 Å². The fourth-order valence-electron chi connectivity index (χ4n) is 2.44. The molecule has 3 nitrogen and oxygen atoms in total. The molecular weight excluding hydrogens is 320 g/mol. The molecule has 0 aromatic heterocycles. The van der Waals surface area contributed by atoms with Crippen molar-refractivity contribution in [3.8, 4) is 0 Å². The summed E-state index contributed by atoms with van der Waals surface area (Å²) >= 11 is 6.85. The van der Waals surface area contributed by atoms with Crippen LogP contribution in [0.5, 0.6) is 0 Å². The second-order valence-electron chi connectivity index (χ2n) is 5.55. The lowest BCUT2D eigenvalue weighted by Crippen LogP contribution is -2.43. The van der Waals surface area contributed by atoms with Crippen LogP contribution in [0.1, 0.15) is 55.4 Å². The molecule has 126 valence electrons. The van der Waals surface area contributed by atoms with Crippen LogP contribution < -0.4 is 0 Å². The van der Waals surface area contributed by atoms with Gasteiger partial charge in [-0.3, -0.25) is 14.5 Å². The summed E-state index contributed by atoms with van der Waals surface area (Å²) in [7, 11) is 0.569. The van der Waals surface area contributed by atoms with Crippen molar-refractivity contribution in [2.75, 3.05) is 26.2 Å². The van der Waals surface area contributed by atoms with Gasteiger partial charge in [-0.05, 0) is 35.6 Å². The molecule has 0 amide bonds. The smallest absolute Gasteiger partial charge is 0.119 e. The average Bonchev–Trinajstić information content (AvgIpc) is 2.40. The summed E-state index contributed by atoms with van der Waals surface area (Å²) in [6, 6.07) is 0.964. The Kier molecular flexibility index (Phi) is 11.7. The third kappa shape index (κ3) is 6.81. The quantitative estimate of drug-likeness (QED) is 0.494. The molecule has 0 heterocycles. The molecule has 0 N–H and O–H groups in total. The first kappa shape index (κ1) is 21.8. The number of halogens is 1. The van der Waals surface area contributed by atoms with Gasteiger partial charge >= 0.3 is 0 Å². The van der Waals surface area contributed by atoms with Crippen molar-refractivity contribution in [1.82, 2.24) is 14.5 Å². The van der Waals surface area contributed by atoms with Crippen molar-refractivity contribution in [2.45, 2.75) is 67.5 Å². The van der Waals surface area contributed by atoms with E-state index in [4.69, 9.17) is 11.2 Å². The molecule has 0 fully saturated rings. The van der Waals surface area contributed by atoms with Crippen LogP contribution in [0.15, 0.2) is 0 Å². The molecule has 6 heteroatoms. The van der Waals surface area contributed by atoms with Crippen LogP contribution in [-0.4, -0.2) is 58.3 Å². The van der Waals surface area contributed by atoms with Gasteiger partial charge in [0.25, 0.3) is 0 Å². The maximum atomic E-state index is 6.85. The fourth-order valence-corrected chi connectivity index (χ4v) is 8.68. The summed E-state index contributed by atoms with van der Waals surface area (Å²) < 4.78 is 2.45. The van der Waals surface area contributed by atoms with E-state index in [2.05, 4.69) is 69.9 Å². The summed E-state index contributed by atoms with van der Waals surface area (Å²) in [5.74, 6) is 0. The molecule has 0 bridgehead atoms. The molecule has 1 unspecified atom stereocenters. The maximum Gasteiger partial charge on any atom is 0.119 e. The first-order valence-corrected chi connectivity index (χ1v) is 12.0. The minimum atomic E-state index is -0.693. The molecule has 0 aromatic rings. The van der Waals surface area contributed by atoms with E-state index in [9.17, 15) is 0 Å². The summed E-state index contributed by atoms with van der Waals surface area (Å²) in [4.78, 5) is 4.90. The van der Waals surface area contributed by atoms with Gasteiger partial charge in [-0.15, -0.1) is 0 Å². The van der Waals surface area contributed by atoms with Gasteiger partial charge in [-0.2, -0.15) is 0 Å². The van der Waals surface area contributed by atoms with Crippen molar-refractivity contribution >= 4 is 31.8 Å². The van der Waals surface area contributed by atoms with E-state index < -0.39 is 7.11 Å². The summed E-state index contributed by atoms with van der Waals surface area (Å²) in [6.07, 6.45) is 0. The van der Waals surface area contributed by atoms with Gasteiger partial charge in [0.2, 0.25) is 0 Å². The number of nitrogens with zero attached hydrogens (tertiary/aromatic N) is 3. The van der Waals surface area contributed by atoms with Crippen LogP contribution >= 0.6 is 26.2 Å². The lowest BCUT2D eigenvalue weighted by atomic mass is 10.3. The van der Waals surface area contributed by atoms with Crippen molar-refractivity contribution in [3.05, 3.63) is 0 Å². The van der Waals surface area contributed by atoms with Gasteiger partial charge in [0.1, 0.15) is 7.11 Å². The topological polar surface area (TPSA) is 9.72 Å². The van der Waals surface area contributed by atoms with Gasteiger partial charge in [0.15, 0.2) is 0 Å². The highest BCUT2D eigenvalue weighted by Gasteiger charge is 2.24. The van der Waals surface area contributed by atoms with E-state index in [1.165, 1.54) is 13.4 Å². The predicted molar refractivity (Wildman–Crippen MR) is 103 cm³/mol. The van der Waals surface area contributed by atoms with E-state index in [0.29, 0.717) is 12.1 Å². The minimum Gasteiger partial charge on any atom is -0.262 e. The van der Waals surface area contributed by atoms with Crippen LogP contribution in [0.2, 0.25) is 0 Å². The Morgan fingerprint density at radius 2 is 1.19 bits per heavy atom. The Morgan fingerprint density at radius 1 is 0.857 bits per heavy atom. The zero-order valence-electron chi connectivity index (χ0n) is 15.1. The van der Waals surface area contributed by atoms with Gasteiger partial charge < -0.3 is 0 Å². The third-order valence-electron chi connectivity index (χ3n) is 3.51. The maximum absolute atomic E-state index is 6.85. The molecule has 0 aliphatic rings. The van der Waals surface area contributed by atoms with Crippen molar-refractivity contribution < 1.29 is 0 Å². The highest BCUT2D eigenvalue weighted by Crippen LogP contribution is 2.60. The normalized spacial score (nSPS) is 14.2. The fraction of sp³-hybridized carbons (Fsp3) is 0.933. The molecule has 21 heavy (non-hydrogen) atoms. The Bertz CT molecular complexity index is 281. The second kappa shape index (κ2) is 11.3. The zero-order chi connectivity index (χ0) is 16.6. The van der Waals surface area contributed by atoms with Crippen molar-refractivity contribution in [3.63, 3.8) is 0 Å². The van der Waals surface area contributed by atoms with Gasteiger partial charge in [0, 0.05) is 38.3 Å². The number of hydrogen-bond acceptors (Lipinski definition) is 1. The zero-order valence-corrected chi connectivity index (χ0v) is 17.6. The third-order valence-corrected chi connectivity index (χ3v) is 8.58. The van der Waals surface area contributed by atoms with Gasteiger partial charge in [-0.1, -0.05) is 38.9 Å². The number of hydrogen-bond donors (Lipinski definition) is 0. The Balaban J connectivity index is 5.47. The molecule has 0 rings (SSSR count). The molecule has 0 radical (unpaired) electrons. The molecule has 0 aromatic carbocycles. The largest absolute Gasteiger partial charge is 0.262 e. The van der Waals surface area contributed by atoms with E-state index in [1.807, 2.05) is 0 Å². The van der Waals surface area contributed by atoms with E-state index in [0.717, 1.165) is 26.2 Å². The first-order valence-electron chi connectivity index (χ1n) is 8.16. The van der Waals surface area contributed by atoms with Crippen molar-refractivity contribution in [1.29, 1.82) is 0 Å². The Morgan fingerprint density at radius 3 is 1.43 bits per heavy atom. The predicted octanol–water partition coefficient (Wildman–Crippen LogP) is 5.29. The summed E-state index contributed by atoms with van der Waals surface area (Å²) in [5.41, 5.74) is 1.39. The molecular formula is C15H34ClN3P2. The first-order chi connectivity index (χ1) is 9.83. The number of rotatable bonds is 10. The lowest BCUT2D eigenvalue weighted by Gasteiger charge is -2.35. The van der Waals surface area contributed by atoms with Crippen LogP contribution in [0.3, 0.4) is 0 Å². The van der Waals surface area contributed by atoms with Crippen LogP contribution in [0.4, 0.5) is 0 Å².